The van der Waals surface area contributed by atoms with Gasteiger partial charge in [0.2, 0.25) is 5.88 Å². The standard InChI is InChI=1S/C15H15NO3/c1-2-3-11-4-7-13(8-5-11)19-14-9-6-12(10-16-14)15(17)18/h4-10H,2-3H2,1H3,(H,17,18). The third kappa shape index (κ3) is 3.55. The van der Waals surface area contributed by atoms with Crippen LogP contribution in [0.25, 0.3) is 0 Å². The van der Waals surface area contributed by atoms with Gasteiger partial charge in [-0.05, 0) is 30.2 Å². The van der Waals surface area contributed by atoms with Crippen LogP contribution in [0.4, 0.5) is 0 Å². The lowest BCUT2D eigenvalue weighted by atomic mass is 10.1. The van der Waals surface area contributed by atoms with Crippen molar-refractivity contribution in [3.8, 4) is 11.6 Å². The molecule has 19 heavy (non-hydrogen) atoms. The predicted octanol–water partition coefficient (Wildman–Crippen LogP) is 3.52. The highest BCUT2D eigenvalue weighted by Crippen LogP contribution is 2.20. The molecule has 0 atom stereocenters. The number of rotatable bonds is 5. The zero-order valence-electron chi connectivity index (χ0n) is 10.7. The molecular formula is C15H15NO3. The Morgan fingerprint density at radius 1 is 1.21 bits per heavy atom. The average molecular weight is 257 g/mol. The minimum absolute atomic E-state index is 0.144. The van der Waals surface area contributed by atoms with Crippen molar-refractivity contribution >= 4 is 5.97 Å². The number of hydrogen-bond donors (Lipinski definition) is 1. The second-order valence-electron chi connectivity index (χ2n) is 4.19. The number of aromatic carboxylic acids is 1. The molecule has 0 fully saturated rings. The van der Waals surface area contributed by atoms with Crippen LogP contribution >= 0.6 is 0 Å². The first-order valence-electron chi connectivity index (χ1n) is 6.15. The Kier molecular flexibility index (Phi) is 4.13. The zero-order chi connectivity index (χ0) is 13.7. The van der Waals surface area contributed by atoms with Crippen molar-refractivity contribution in [3.63, 3.8) is 0 Å². The average Bonchev–Trinajstić information content (AvgIpc) is 2.42. The van der Waals surface area contributed by atoms with Gasteiger partial charge in [-0.1, -0.05) is 25.5 Å². The summed E-state index contributed by atoms with van der Waals surface area (Å²) in [6.45, 7) is 2.14. The van der Waals surface area contributed by atoms with Crippen LogP contribution in [-0.2, 0) is 6.42 Å². The smallest absolute Gasteiger partial charge is 0.337 e. The molecule has 0 radical (unpaired) electrons. The molecule has 1 aromatic carbocycles. The second-order valence-corrected chi connectivity index (χ2v) is 4.19. The molecule has 4 nitrogen and oxygen atoms in total. The molecule has 2 aromatic rings. The van der Waals surface area contributed by atoms with Crippen LogP contribution in [0.1, 0.15) is 29.3 Å². The van der Waals surface area contributed by atoms with Gasteiger partial charge in [0.25, 0.3) is 0 Å². The molecule has 0 aliphatic heterocycles. The summed E-state index contributed by atoms with van der Waals surface area (Å²) in [6.07, 6.45) is 3.44. The third-order valence-electron chi connectivity index (χ3n) is 2.67. The Hall–Kier alpha value is -2.36. The molecule has 0 saturated carbocycles. The van der Waals surface area contributed by atoms with E-state index in [1.807, 2.05) is 24.3 Å². The van der Waals surface area contributed by atoms with Crippen molar-refractivity contribution in [2.75, 3.05) is 0 Å². The van der Waals surface area contributed by atoms with Gasteiger partial charge in [0.05, 0.1) is 5.56 Å². The first-order valence-corrected chi connectivity index (χ1v) is 6.15. The van der Waals surface area contributed by atoms with Crippen molar-refractivity contribution in [1.29, 1.82) is 0 Å². The lowest BCUT2D eigenvalue weighted by Crippen LogP contribution is -1.97. The van der Waals surface area contributed by atoms with Crippen molar-refractivity contribution in [2.24, 2.45) is 0 Å². The fourth-order valence-electron chi connectivity index (χ4n) is 1.70. The van der Waals surface area contributed by atoms with Crippen LogP contribution in [0.15, 0.2) is 42.6 Å². The number of ether oxygens (including phenoxy) is 1. The first-order chi connectivity index (χ1) is 9.19. The van der Waals surface area contributed by atoms with Crippen LogP contribution in [0.5, 0.6) is 11.6 Å². The molecule has 0 unspecified atom stereocenters. The Bertz CT molecular complexity index is 547. The molecule has 1 aromatic heterocycles. The van der Waals surface area contributed by atoms with Crippen LogP contribution in [-0.4, -0.2) is 16.1 Å². The molecule has 2 rings (SSSR count). The van der Waals surface area contributed by atoms with E-state index in [4.69, 9.17) is 9.84 Å². The summed E-state index contributed by atoms with van der Waals surface area (Å²) in [6, 6.07) is 10.8. The SMILES string of the molecule is CCCc1ccc(Oc2ccc(C(=O)O)cn2)cc1. The van der Waals surface area contributed by atoms with Crippen LogP contribution in [0.2, 0.25) is 0 Å². The normalized spacial score (nSPS) is 10.2. The van der Waals surface area contributed by atoms with Gasteiger partial charge in [-0.2, -0.15) is 0 Å². The summed E-state index contributed by atoms with van der Waals surface area (Å²) in [4.78, 5) is 14.6. The molecule has 98 valence electrons. The molecule has 0 bridgehead atoms. The molecule has 0 spiro atoms. The number of aromatic nitrogens is 1. The van der Waals surface area contributed by atoms with Gasteiger partial charge in [-0.25, -0.2) is 9.78 Å². The fourth-order valence-corrected chi connectivity index (χ4v) is 1.70. The second kappa shape index (κ2) is 6.00. The first kappa shape index (κ1) is 13.1. The van der Waals surface area contributed by atoms with Crippen molar-refractivity contribution in [2.45, 2.75) is 19.8 Å². The van der Waals surface area contributed by atoms with Gasteiger partial charge < -0.3 is 9.84 Å². The van der Waals surface area contributed by atoms with Gasteiger partial charge in [-0.15, -0.1) is 0 Å². The van der Waals surface area contributed by atoms with Gasteiger partial charge in [0.15, 0.2) is 0 Å². The molecule has 0 aliphatic rings. The van der Waals surface area contributed by atoms with Crippen LogP contribution < -0.4 is 4.74 Å². The molecule has 1 heterocycles. The van der Waals surface area contributed by atoms with E-state index in [2.05, 4.69) is 11.9 Å². The maximum absolute atomic E-state index is 10.7. The van der Waals surface area contributed by atoms with Gasteiger partial charge in [0.1, 0.15) is 5.75 Å². The van der Waals surface area contributed by atoms with Gasteiger partial charge in [-0.3, -0.25) is 0 Å². The minimum Gasteiger partial charge on any atom is -0.478 e. The molecule has 0 aliphatic carbocycles. The Morgan fingerprint density at radius 2 is 1.95 bits per heavy atom. The third-order valence-corrected chi connectivity index (χ3v) is 2.67. The van der Waals surface area contributed by atoms with Crippen molar-refractivity contribution < 1.29 is 14.6 Å². The summed E-state index contributed by atoms with van der Waals surface area (Å²) < 4.78 is 5.54. The fraction of sp³-hybridized carbons (Fsp3) is 0.200. The van der Waals surface area contributed by atoms with E-state index in [1.54, 1.807) is 6.07 Å². The Labute approximate surface area is 111 Å². The number of carboxylic acid groups (broad SMARTS) is 1. The number of hydrogen-bond acceptors (Lipinski definition) is 3. The van der Waals surface area contributed by atoms with E-state index >= 15 is 0 Å². The summed E-state index contributed by atoms with van der Waals surface area (Å²) in [5.74, 6) is 0.0756. The highest BCUT2D eigenvalue weighted by atomic mass is 16.5. The van der Waals surface area contributed by atoms with Crippen molar-refractivity contribution in [1.82, 2.24) is 4.98 Å². The largest absolute Gasteiger partial charge is 0.478 e. The monoisotopic (exact) mass is 257 g/mol. The Balaban J connectivity index is 2.06. The molecular weight excluding hydrogens is 242 g/mol. The Morgan fingerprint density at radius 3 is 2.47 bits per heavy atom. The lowest BCUT2D eigenvalue weighted by molar-refractivity contribution is 0.0696. The topological polar surface area (TPSA) is 59.4 Å². The van der Waals surface area contributed by atoms with Crippen LogP contribution in [0.3, 0.4) is 0 Å². The number of benzene rings is 1. The summed E-state index contributed by atoms with van der Waals surface area (Å²) in [7, 11) is 0. The summed E-state index contributed by atoms with van der Waals surface area (Å²) in [5.41, 5.74) is 1.41. The van der Waals surface area contributed by atoms with Crippen molar-refractivity contribution in [3.05, 3.63) is 53.7 Å². The van der Waals surface area contributed by atoms with E-state index in [0.717, 1.165) is 12.8 Å². The minimum atomic E-state index is -0.997. The molecule has 1 N–H and O–H groups in total. The lowest BCUT2D eigenvalue weighted by Gasteiger charge is -2.05. The predicted molar refractivity (Wildman–Crippen MR) is 71.7 cm³/mol. The zero-order valence-corrected chi connectivity index (χ0v) is 10.7. The summed E-state index contributed by atoms with van der Waals surface area (Å²) in [5, 5.41) is 8.77. The quantitative estimate of drug-likeness (QED) is 0.890. The van der Waals surface area contributed by atoms with Gasteiger partial charge >= 0.3 is 5.97 Å². The van der Waals surface area contributed by atoms with E-state index in [0.29, 0.717) is 11.6 Å². The van der Waals surface area contributed by atoms with E-state index in [9.17, 15) is 4.79 Å². The number of aryl methyl sites for hydroxylation is 1. The molecule has 0 amide bonds. The maximum Gasteiger partial charge on any atom is 0.337 e. The number of carboxylic acids is 1. The highest BCUT2D eigenvalue weighted by Gasteiger charge is 2.04. The highest BCUT2D eigenvalue weighted by molar-refractivity contribution is 5.87. The number of nitrogens with zero attached hydrogens (tertiary/aromatic N) is 1. The number of pyridine rings is 1. The van der Waals surface area contributed by atoms with E-state index < -0.39 is 5.97 Å². The van der Waals surface area contributed by atoms with E-state index in [1.165, 1.54) is 17.8 Å². The summed E-state index contributed by atoms with van der Waals surface area (Å²) >= 11 is 0. The molecule has 0 saturated heterocycles. The van der Waals surface area contributed by atoms with Crippen LogP contribution in [0, 0.1) is 0 Å². The van der Waals surface area contributed by atoms with E-state index in [-0.39, 0.29) is 5.56 Å². The van der Waals surface area contributed by atoms with Gasteiger partial charge in [0, 0.05) is 12.3 Å². The molecule has 4 heteroatoms. The maximum atomic E-state index is 10.7. The number of carbonyl (C=O) groups is 1.